The third kappa shape index (κ3) is 4.21. The van der Waals surface area contributed by atoms with E-state index < -0.39 is 0 Å². The van der Waals surface area contributed by atoms with Gasteiger partial charge in [0.05, 0.1) is 0 Å². The van der Waals surface area contributed by atoms with Crippen LogP contribution in [0.1, 0.15) is 6.42 Å². The smallest absolute Gasteiger partial charge is 0.221 e. The molecular weight excluding hydrogens is 276 g/mol. The van der Waals surface area contributed by atoms with Gasteiger partial charge in [0.25, 0.3) is 0 Å². The van der Waals surface area contributed by atoms with E-state index in [-0.39, 0.29) is 5.91 Å². The second-order valence-electron chi connectivity index (χ2n) is 6.24. The molecule has 2 saturated heterocycles. The third-order valence-corrected chi connectivity index (χ3v) is 4.60. The van der Waals surface area contributed by atoms with E-state index >= 15 is 0 Å². The number of para-hydroxylation sites is 1. The van der Waals surface area contributed by atoms with Crippen LogP contribution < -0.4 is 15.5 Å². The van der Waals surface area contributed by atoms with Crippen molar-refractivity contribution < 1.29 is 4.79 Å². The first-order valence-electron chi connectivity index (χ1n) is 8.31. The van der Waals surface area contributed by atoms with Gasteiger partial charge in [-0.2, -0.15) is 0 Å². The molecule has 0 aliphatic carbocycles. The molecule has 1 aromatic carbocycles. The minimum atomic E-state index is 0.192. The summed E-state index contributed by atoms with van der Waals surface area (Å²) in [5.41, 5.74) is 1.30. The van der Waals surface area contributed by atoms with Crippen molar-refractivity contribution in [1.82, 2.24) is 15.5 Å². The molecule has 5 heteroatoms. The fourth-order valence-electron chi connectivity index (χ4n) is 2.97. The van der Waals surface area contributed by atoms with E-state index in [0.29, 0.717) is 12.3 Å². The minimum absolute atomic E-state index is 0.192. The monoisotopic (exact) mass is 302 g/mol. The number of nitrogens with zero attached hydrogens (tertiary/aromatic N) is 2. The van der Waals surface area contributed by atoms with E-state index in [1.807, 2.05) is 0 Å². The van der Waals surface area contributed by atoms with E-state index in [4.69, 9.17) is 0 Å². The Morgan fingerprint density at radius 2 is 1.86 bits per heavy atom. The van der Waals surface area contributed by atoms with Crippen LogP contribution in [0, 0.1) is 5.92 Å². The zero-order valence-electron chi connectivity index (χ0n) is 13.1. The number of amides is 1. The van der Waals surface area contributed by atoms with Crippen molar-refractivity contribution in [2.24, 2.45) is 5.92 Å². The Morgan fingerprint density at radius 1 is 1.14 bits per heavy atom. The molecule has 3 rings (SSSR count). The zero-order valence-corrected chi connectivity index (χ0v) is 13.1. The van der Waals surface area contributed by atoms with Gasteiger partial charge < -0.3 is 15.5 Å². The van der Waals surface area contributed by atoms with Crippen LogP contribution in [0.2, 0.25) is 0 Å². The summed E-state index contributed by atoms with van der Waals surface area (Å²) in [6.45, 7) is 7.94. The number of rotatable bonds is 6. The molecule has 0 radical (unpaired) electrons. The van der Waals surface area contributed by atoms with Crippen LogP contribution in [-0.4, -0.2) is 63.2 Å². The lowest BCUT2D eigenvalue weighted by Gasteiger charge is -2.36. The van der Waals surface area contributed by atoms with Crippen LogP contribution >= 0.6 is 0 Å². The van der Waals surface area contributed by atoms with Gasteiger partial charge in [-0.1, -0.05) is 18.2 Å². The first-order chi connectivity index (χ1) is 10.8. The topological polar surface area (TPSA) is 47.6 Å². The zero-order chi connectivity index (χ0) is 15.2. The highest BCUT2D eigenvalue weighted by Crippen LogP contribution is 2.15. The van der Waals surface area contributed by atoms with Crippen LogP contribution in [0.3, 0.4) is 0 Å². The maximum atomic E-state index is 11.8. The molecule has 0 spiro atoms. The average molecular weight is 302 g/mol. The first-order valence-corrected chi connectivity index (χ1v) is 8.31. The van der Waals surface area contributed by atoms with E-state index in [2.05, 4.69) is 50.8 Å². The SMILES string of the molecule is O=C(CCN1CCN(c2ccccc2)CC1)NCC1CNC1. The largest absolute Gasteiger partial charge is 0.369 e. The summed E-state index contributed by atoms with van der Waals surface area (Å²) in [7, 11) is 0. The predicted molar refractivity (Wildman–Crippen MR) is 89.1 cm³/mol. The second kappa shape index (κ2) is 7.61. The standard InChI is InChI=1S/C17H26N4O/c22-17(19-14-15-12-18-13-15)6-7-20-8-10-21(11-9-20)16-4-2-1-3-5-16/h1-5,15,18H,6-14H2,(H,19,22). The van der Waals surface area contributed by atoms with Gasteiger partial charge >= 0.3 is 0 Å². The van der Waals surface area contributed by atoms with Crippen molar-refractivity contribution in [2.75, 3.05) is 57.3 Å². The Hall–Kier alpha value is -1.59. The van der Waals surface area contributed by atoms with Gasteiger partial charge in [-0.3, -0.25) is 9.69 Å². The van der Waals surface area contributed by atoms with Crippen molar-refractivity contribution in [3.63, 3.8) is 0 Å². The van der Waals surface area contributed by atoms with Gasteiger partial charge in [0, 0.05) is 70.4 Å². The Morgan fingerprint density at radius 3 is 2.50 bits per heavy atom. The van der Waals surface area contributed by atoms with E-state index in [9.17, 15) is 4.79 Å². The Bertz CT molecular complexity index is 467. The van der Waals surface area contributed by atoms with Gasteiger partial charge in [0.2, 0.25) is 5.91 Å². The van der Waals surface area contributed by atoms with Gasteiger partial charge in [-0.15, -0.1) is 0 Å². The van der Waals surface area contributed by atoms with Gasteiger partial charge in [0.1, 0.15) is 0 Å². The number of nitrogens with one attached hydrogen (secondary N) is 2. The number of piperazine rings is 1. The highest BCUT2D eigenvalue weighted by molar-refractivity contribution is 5.76. The number of carbonyl (C=O) groups excluding carboxylic acids is 1. The van der Waals surface area contributed by atoms with Crippen molar-refractivity contribution in [3.8, 4) is 0 Å². The van der Waals surface area contributed by atoms with Crippen molar-refractivity contribution >= 4 is 11.6 Å². The normalized spacial score (nSPS) is 19.7. The number of hydrogen-bond acceptors (Lipinski definition) is 4. The summed E-state index contributed by atoms with van der Waals surface area (Å²) in [6.07, 6.45) is 0.617. The lowest BCUT2D eigenvalue weighted by Crippen LogP contribution is -2.49. The summed E-state index contributed by atoms with van der Waals surface area (Å²) in [5, 5.41) is 6.26. The lowest BCUT2D eigenvalue weighted by molar-refractivity contribution is -0.121. The molecule has 0 unspecified atom stereocenters. The van der Waals surface area contributed by atoms with E-state index in [1.165, 1.54) is 5.69 Å². The van der Waals surface area contributed by atoms with Crippen molar-refractivity contribution in [3.05, 3.63) is 30.3 Å². The molecule has 2 aliphatic heterocycles. The fraction of sp³-hybridized carbons (Fsp3) is 0.588. The quantitative estimate of drug-likeness (QED) is 0.805. The van der Waals surface area contributed by atoms with Gasteiger partial charge in [-0.05, 0) is 12.1 Å². The summed E-state index contributed by atoms with van der Waals surface area (Å²) >= 11 is 0. The summed E-state index contributed by atoms with van der Waals surface area (Å²) in [4.78, 5) is 16.7. The van der Waals surface area contributed by atoms with Gasteiger partial charge in [0.15, 0.2) is 0 Å². The maximum Gasteiger partial charge on any atom is 0.221 e. The number of anilines is 1. The van der Waals surface area contributed by atoms with Gasteiger partial charge in [-0.25, -0.2) is 0 Å². The minimum Gasteiger partial charge on any atom is -0.369 e. The first kappa shape index (κ1) is 15.3. The molecule has 1 amide bonds. The summed E-state index contributed by atoms with van der Waals surface area (Å²) in [5.74, 6) is 0.829. The van der Waals surface area contributed by atoms with Crippen LogP contribution in [0.4, 0.5) is 5.69 Å². The molecule has 0 saturated carbocycles. The molecule has 2 fully saturated rings. The lowest BCUT2D eigenvalue weighted by atomic mass is 10.0. The highest BCUT2D eigenvalue weighted by Gasteiger charge is 2.19. The van der Waals surface area contributed by atoms with E-state index in [1.54, 1.807) is 0 Å². The Balaban J connectivity index is 1.32. The molecule has 22 heavy (non-hydrogen) atoms. The molecule has 2 N–H and O–H groups in total. The molecule has 5 nitrogen and oxygen atoms in total. The molecular formula is C17H26N4O. The molecule has 0 aromatic heterocycles. The number of hydrogen-bond donors (Lipinski definition) is 2. The third-order valence-electron chi connectivity index (χ3n) is 4.60. The van der Waals surface area contributed by atoms with Crippen LogP contribution in [0.25, 0.3) is 0 Å². The maximum absolute atomic E-state index is 11.8. The fourth-order valence-corrected chi connectivity index (χ4v) is 2.97. The summed E-state index contributed by atoms with van der Waals surface area (Å²) < 4.78 is 0. The molecule has 1 aromatic rings. The van der Waals surface area contributed by atoms with Crippen LogP contribution in [-0.2, 0) is 4.79 Å². The number of benzene rings is 1. The van der Waals surface area contributed by atoms with Crippen molar-refractivity contribution in [2.45, 2.75) is 6.42 Å². The van der Waals surface area contributed by atoms with Crippen molar-refractivity contribution in [1.29, 1.82) is 0 Å². The molecule has 2 heterocycles. The molecule has 0 atom stereocenters. The Kier molecular flexibility index (Phi) is 5.29. The second-order valence-corrected chi connectivity index (χ2v) is 6.24. The molecule has 0 bridgehead atoms. The van der Waals surface area contributed by atoms with E-state index in [0.717, 1.165) is 52.4 Å². The summed E-state index contributed by atoms with van der Waals surface area (Å²) in [6, 6.07) is 10.6. The van der Waals surface area contributed by atoms with Crippen LogP contribution in [0.5, 0.6) is 0 Å². The average Bonchev–Trinajstić information content (AvgIpc) is 2.53. The molecule has 120 valence electrons. The van der Waals surface area contributed by atoms with Crippen LogP contribution in [0.15, 0.2) is 30.3 Å². The number of carbonyl (C=O) groups is 1. The molecule has 2 aliphatic rings. The highest BCUT2D eigenvalue weighted by atomic mass is 16.1. The predicted octanol–water partition coefficient (Wildman–Crippen LogP) is 0.534. The Labute approximate surface area is 132 Å².